The molecule has 1 heterocycles. The maximum absolute atomic E-state index is 11.1. The quantitative estimate of drug-likeness (QED) is 0.736. The van der Waals surface area contributed by atoms with Crippen molar-refractivity contribution < 1.29 is 9.53 Å². The summed E-state index contributed by atoms with van der Waals surface area (Å²) in [4.78, 5) is 15.3. The molecular formula is C11H17N3O2. The van der Waals surface area contributed by atoms with Crippen molar-refractivity contribution in [3.05, 3.63) is 17.8 Å². The molecule has 3 N–H and O–H groups in total. The highest BCUT2D eigenvalue weighted by Crippen LogP contribution is 2.11. The maximum Gasteiger partial charge on any atom is 0.307 e. The zero-order chi connectivity index (χ0) is 12.0. The molecule has 0 aliphatic heterocycles. The van der Waals surface area contributed by atoms with E-state index in [1.54, 1.807) is 19.1 Å². The molecule has 0 bridgehead atoms. The molecule has 0 aliphatic carbocycles. The topological polar surface area (TPSA) is 77.2 Å². The molecule has 0 saturated heterocycles. The van der Waals surface area contributed by atoms with E-state index < -0.39 is 0 Å². The average molecular weight is 223 g/mol. The molecule has 0 amide bonds. The second kappa shape index (κ2) is 5.95. The number of carbonyl (C=O) groups is 1. The van der Waals surface area contributed by atoms with Crippen molar-refractivity contribution in [2.24, 2.45) is 0 Å². The van der Waals surface area contributed by atoms with Crippen molar-refractivity contribution in [3.63, 3.8) is 0 Å². The lowest BCUT2D eigenvalue weighted by Crippen LogP contribution is -2.12. The molecule has 0 unspecified atom stereocenters. The van der Waals surface area contributed by atoms with Gasteiger partial charge in [-0.25, -0.2) is 4.98 Å². The lowest BCUT2D eigenvalue weighted by atomic mass is 10.3. The Morgan fingerprint density at radius 2 is 2.31 bits per heavy atom. The predicted molar refractivity (Wildman–Crippen MR) is 63.1 cm³/mol. The molecular weight excluding hydrogens is 206 g/mol. The van der Waals surface area contributed by atoms with Crippen LogP contribution in [0, 0.1) is 6.92 Å². The van der Waals surface area contributed by atoms with Gasteiger partial charge in [-0.1, -0.05) is 0 Å². The van der Waals surface area contributed by atoms with Crippen LogP contribution in [-0.2, 0) is 9.53 Å². The number of carbonyl (C=O) groups excluding carboxylic acids is 1. The van der Waals surface area contributed by atoms with Crippen LogP contribution >= 0.6 is 0 Å². The summed E-state index contributed by atoms with van der Waals surface area (Å²) in [5.41, 5.74) is 7.08. The zero-order valence-corrected chi connectivity index (χ0v) is 9.62. The number of pyridine rings is 1. The van der Waals surface area contributed by atoms with E-state index in [1.807, 2.05) is 6.92 Å². The second-order valence-corrected chi connectivity index (χ2v) is 3.35. The Hall–Kier alpha value is -1.78. The first kappa shape index (κ1) is 12.3. The third-order valence-electron chi connectivity index (χ3n) is 2.07. The number of hydrogen-bond acceptors (Lipinski definition) is 5. The number of nitrogens with two attached hydrogens (primary N) is 1. The molecule has 1 aromatic heterocycles. The third-order valence-corrected chi connectivity index (χ3v) is 2.07. The highest BCUT2D eigenvalue weighted by molar-refractivity contribution is 5.70. The summed E-state index contributed by atoms with van der Waals surface area (Å²) in [5.74, 6) is 0.512. The van der Waals surface area contributed by atoms with E-state index in [0.717, 1.165) is 11.5 Å². The van der Waals surface area contributed by atoms with Gasteiger partial charge in [0.05, 0.1) is 24.4 Å². The minimum Gasteiger partial charge on any atom is -0.466 e. The molecule has 5 nitrogen and oxygen atoms in total. The number of nitrogen functional groups attached to an aromatic ring is 1. The molecule has 5 heteroatoms. The molecule has 0 atom stereocenters. The Bertz CT molecular complexity index is 366. The molecule has 0 aliphatic rings. The lowest BCUT2D eigenvalue weighted by Gasteiger charge is -2.07. The third kappa shape index (κ3) is 3.76. The first-order chi connectivity index (χ1) is 7.63. The average Bonchev–Trinajstić information content (AvgIpc) is 2.24. The van der Waals surface area contributed by atoms with Crippen molar-refractivity contribution in [2.75, 3.05) is 24.2 Å². The van der Waals surface area contributed by atoms with Gasteiger partial charge in [0.1, 0.15) is 5.82 Å². The van der Waals surface area contributed by atoms with Gasteiger partial charge in [-0.15, -0.1) is 0 Å². The zero-order valence-electron chi connectivity index (χ0n) is 9.62. The maximum atomic E-state index is 11.1. The smallest absolute Gasteiger partial charge is 0.307 e. The number of nitrogens with zero attached hydrogens (tertiary/aromatic N) is 1. The normalized spacial score (nSPS) is 9.88. The number of esters is 1. The van der Waals surface area contributed by atoms with E-state index >= 15 is 0 Å². The van der Waals surface area contributed by atoms with E-state index in [2.05, 4.69) is 10.3 Å². The standard InChI is InChI=1S/C11H17N3O2/c1-3-16-11(15)6-7-13-10-5-4-9(12)8(2)14-10/h4-5H,3,6-7,12H2,1-2H3,(H,13,14). The Morgan fingerprint density at radius 1 is 1.56 bits per heavy atom. The number of ether oxygens (including phenoxy) is 1. The molecule has 88 valence electrons. The van der Waals surface area contributed by atoms with Gasteiger partial charge in [-0.2, -0.15) is 0 Å². The van der Waals surface area contributed by atoms with Crippen LogP contribution < -0.4 is 11.1 Å². The Kier molecular flexibility index (Phi) is 4.57. The van der Waals surface area contributed by atoms with Crippen molar-refractivity contribution in [1.29, 1.82) is 0 Å². The summed E-state index contributed by atoms with van der Waals surface area (Å²) >= 11 is 0. The summed E-state index contributed by atoms with van der Waals surface area (Å²) in [7, 11) is 0. The second-order valence-electron chi connectivity index (χ2n) is 3.35. The van der Waals surface area contributed by atoms with Crippen LogP contribution in [0.3, 0.4) is 0 Å². The lowest BCUT2D eigenvalue weighted by molar-refractivity contribution is -0.142. The number of rotatable bonds is 5. The summed E-state index contributed by atoms with van der Waals surface area (Å²) in [5, 5.41) is 3.03. The molecule has 16 heavy (non-hydrogen) atoms. The summed E-state index contributed by atoms with van der Waals surface area (Å²) in [6, 6.07) is 3.57. The van der Waals surface area contributed by atoms with Crippen LogP contribution in [0.25, 0.3) is 0 Å². The molecule has 1 rings (SSSR count). The minimum atomic E-state index is -0.206. The van der Waals surface area contributed by atoms with Crippen molar-refractivity contribution in [1.82, 2.24) is 4.98 Å². The fourth-order valence-corrected chi connectivity index (χ4v) is 1.20. The van der Waals surface area contributed by atoms with E-state index in [9.17, 15) is 4.79 Å². The molecule has 0 fully saturated rings. The van der Waals surface area contributed by atoms with Gasteiger partial charge in [-0.3, -0.25) is 4.79 Å². The molecule has 0 spiro atoms. The fraction of sp³-hybridized carbons (Fsp3) is 0.455. The predicted octanol–water partition coefficient (Wildman–Crippen LogP) is 1.34. The highest BCUT2D eigenvalue weighted by Gasteiger charge is 2.02. The van der Waals surface area contributed by atoms with Gasteiger partial charge in [0.25, 0.3) is 0 Å². The molecule has 0 radical (unpaired) electrons. The number of anilines is 2. The van der Waals surface area contributed by atoms with Crippen LogP contribution in [-0.4, -0.2) is 24.1 Å². The summed E-state index contributed by atoms with van der Waals surface area (Å²) < 4.78 is 4.80. The van der Waals surface area contributed by atoms with Gasteiger partial charge >= 0.3 is 5.97 Å². The van der Waals surface area contributed by atoms with Crippen LogP contribution in [0.4, 0.5) is 11.5 Å². The Morgan fingerprint density at radius 3 is 2.94 bits per heavy atom. The van der Waals surface area contributed by atoms with Gasteiger partial charge < -0.3 is 15.8 Å². The van der Waals surface area contributed by atoms with Gasteiger partial charge in [-0.05, 0) is 26.0 Å². The van der Waals surface area contributed by atoms with E-state index in [0.29, 0.717) is 25.3 Å². The first-order valence-electron chi connectivity index (χ1n) is 5.26. The largest absolute Gasteiger partial charge is 0.466 e. The number of aryl methyl sites for hydroxylation is 1. The van der Waals surface area contributed by atoms with Crippen molar-refractivity contribution in [2.45, 2.75) is 20.3 Å². The summed E-state index contributed by atoms with van der Waals surface area (Å²) in [6.45, 7) is 4.55. The van der Waals surface area contributed by atoms with E-state index in [1.165, 1.54) is 0 Å². The van der Waals surface area contributed by atoms with Crippen molar-refractivity contribution in [3.8, 4) is 0 Å². The van der Waals surface area contributed by atoms with Crippen LogP contribution in [0.15, 0.2) is 12.1 Å². The fourth-order valence-electron chi connectivity index (χ4n) is 1.20. The molecule has 1 aromatic rings. The summed E-state index contributed by atoms with van der Waals surface area (Å²) in [6.07, 6.45) is 0.332. The Balaban J connectivity index is 2.37. The van der Waals surface area contributed by atoms with Gasteiger partial charge in [0.15, 0.2) is 0 Å². The van der Waals surface area contributed by atoms with E-state index in [4.69, 9.17) is 10.5 Å². The SMILES string of the molecule is CCOC(=O)CCNc1ccc(N)c(C)n1. The van der Waals surface area contributed by atoms with Crippen LogP contribution in [0.2, 0.25) is 0 Å². The van der Waals surface area contributed by atoms with Gasteiger partial charge in [0.2, 0.25) is 0 Å². The molecule has 0 saturated carbocycles. The van der Waals surface area contributed by atoms with Crippen molar-refractivity contribution >= 4 is 17.5 Å². The van der Waals surface area contributed by atoms with Crippen LogP contribution in [0.5, 0.6) is 0 Å². The minimum absolute atomic E-state index is 0.206. The van der Waals surface area contributed by atoms with Gasteiger partial charge in [0, 0.05) is 6.54 Å². The van der Waals surface area contributed by atoms with Crippen LogP contribution in [0.1, 0.15) is 19.0 Å². The number of hydrogen-bond donors (Lipinski definition) is 2. The first-order valence-corrected chi connectivity index (χ1v) is 5.26. The number of nitrogens with one attached hydrogen (secondary N) is 1. The Labute approximate surface area is 95.0 Å². The van der Waals surface area contributed by atoms with E-state index in [-0.39, 0.29) is 5.97 Å². The number of aromatic nitrogens is 1. The molecule has 0 aromatic carbocycles. The monoisotopic (exact) mass is 223 g/mol. The highest BCUT2D eigenvalue weighted by atomic mass is 16.5.